The maximum Gasteiger partial charge on any atom is 0.227 e. The van der Waals surface area contributed by atoms with Crippen molar-refractivity contribution < 1.29 is 4.79 Å². The van der Waals surface area contributed by atoms with Crippen LogP contribution in [0.3, 0.4) is 0 Å². The fourth-order valence-corrected chi connectivity index (χ4v) is 2.99. The molecule has 1 aliphatic rings. The van der Waals surface area contributed by atoms with Crippen molar-refractivity contribution in [2.24, 2.45) is 5.92 Å². The van der Waals surface area contributed by atoms with E-state index in [0.29, 0.717) is 18.4 Å². The van der Waals surface area contributed by atoms with Crippen molar-refractivity contribution in [1.29, 1.82) is 0 Å². The summed E-state index contributed by atoms with van der Waals surface area (Å²) in [4.78, 5) is 15.5. The zero-order chi connectivity index (χ0) is 13.0. The molecule has 2 heterocycles. The lowest BCUT2D eigenvalue weighted by molar-refractivity contribution is -0.130. The summed E-state index contributed by atoms with van der Waals surface area (Å²) in [7, 11) is 0. The van der Waals surface area contributed by atoms with Crippen LogP contribution in [0.2, 0.25) is 0 Å². The van der Waals surface area contributed by atoms with E-state index in [1.54, 1.807) is 11.3 Å². The molecule has 0 bridgehead atoms. The Kier molecular flexibility index (Phi) is 4.78. The molecule has 3 nitrogen and oxygen atoms in total. The fourth-order valence-electron chi connectivity index (χ4n) is 2.30. The second-order valence-electron chi connectivity index (χ2n) is 5.25. The van der Waals surface area contributed by atoms with Crippen LogP contribution in [0.1, 0.15) is 25.1 Å². The SMILES string of the molecule is CC(C)C1CN(C(=O)Cc2cccs2)CCCN1. The van der Waals surface area contributed by atoms with Crippen LogP contribution < -0.4 is 5.32 Å². The van der Waals surface area contributed by atoms with Crippen LogP contribution in [0.25, 0.3) is 0 Å². The Bertz CT molecular complexity index is 375. The van der Waals surface area contributed by atoms with Crippen LogP contribution in [0, 0.1) is 5.92 Å². The Morgan fingerprint density at radius 1 is 1.61 bits per heavy atom. The van der Waals surface area contributed by atoms with Gasteiger partial charge in [0.2, 0.25) is 5.91 Å². The van der Waals surface area contributed by atoms with E-state index in [0.717, 1.165) is 26.1 Å². The van der Waals surface area contributed by atoms with Crippen molar-refractivity contribution in [3.8, 4) is 0 Å². The number of hydrogen-bond acceptors (Lipinski definition) is 3. The summed E-state index contributed by atoms with van der Waals surface area (Å²) in [6.45, 7) is 7.18. The largest absolute Gasteiger partial charge is 0.341 e. The lowest BCUT2D eigenvalue weighted by atomic mass is 10.0. The Morgan fingerprint density at radius 3 is 3.11 bits per heavy atom. The number of thiophene rings is 1. The summed E-state index contributed by atoms with van der Waals surface area (Å²) in [5, 5.41) is 5.56. The topological polar surface area (TPSA) is 32.3 Å². The van der Waals surface area contributed by atoms with Crippen molar-refractivity contribution in [2.45, 2.75) is 32.7 Å². The van der Waals surface area contributed by atoms with Crippen molar-refractivity contribution >= 4 is 17.2 Å². The summed E-state index contributed by atoms with van der Waals surface area (Å²) in [5.74, 6) is 0.840. The average molecular weight is 266 g/mol. The molecule has 18 heavy (non-hydrogen) atoms. The van der Waals surface area contributed by atoms with Gasteiger partial charge in [0.1, 0.15) is 0 Å². The maximum atomic E-state index is 12.3. The van der Waals surface area contributed by atoms with E-state index in [1.165, 1.54) is 4.88 Å². The molecule has 0 saturated carbocycles. The van der Waals surface area contributed by atoms with Gasteiger partial charge in [0.15, 0.2) is 0 Å². The molecule has 2 rings (SSSR count). The molecule has 1 aromatic rings. The average Bonchev–Trinajstić information content (AvgIpc) is 2.70. The van der Waals surface area contributed by atoms with E-state index < -0.39 is 0 Å². The fraction of sp³-hybridized carbons (Fsp3) is 0.643. The summed E-state index contributed by atoms with van der Waals surface area (Å²) < 4.78 is 0. The van der Waals surface area contributed by atoms with Crippen LogP contribution in [0.4, 0.5) is 0 Å². The quantitative estimate of drug-likeness (QED) is 0.909. The van der Waals surface area contributed by atoms with E-state index >= 15 is 0 Å². The minimum atomic E-state index is 0.270. The molecule has 100 valence electrons. The van der Waals surface area contributed by atoms with Gasteiger partial charge in [-0.3, -0.25) is 4.79 Å². The van der Waals surface area contributed by atoms with Crippen LogP contribution in [-0.2, 0) is 11.2 Å². The smallest absolute Gasteiger partial charge is 0.227 e. The number of carbonyl (C=O) groups excluding carboxylic acids is 1. The van der Waals surface area contributed by atoms with Crippen molar-refractivity contribution in [1.82, 2.24) is 10.2 Å². The lowest BCUT2D eigenvalue weighted by Crippen LogP contribution is -2.43. The van der Waals surface area contributed by atoms with Gasteiger partial charge in [-0.2, -0.15) is 0 Å². The monoisotopic (exact) mass is 266 g/mol. The molecule has 1 atom stereocenters. The molecule has 0 aliphatic carbocycles. The van der Waals surface area contributed by atoms with Crippen LogP contribution >= 0.6 is 11.3 Å². The highest BCUT2D eigenvalue weighted by atomic mass is 32.1. The first kappa shape index (κ1) is 13.6. The third-order valence-electron chi connectivity index (χ3n) is 3.49. The molecule has 1 N–H and O–H groups in total. The van der Waals surface area contributed by atoms with Crippen molar-refractivity contribution in [3.05, 3.63) is 22.4 Å². The van der Waals surface area contributed by atoms with E-state index in [-0.39, 0.29) is 5.91 Å². The van der Waals surface area contributed by atoms with Gasteiger partial charge in [-0.05, 0) is 30.3 Å². The highest BCUT2D eigenvalue weighted by molar-refractivity contribution is 7.10. The third-order valence-corrected chi connectivity index (χ3v) is 4.37. The highest BCUT2D eigenvalue weighted by Gasteiger charge is 2.23. The normalized spacial score (nSPS) is 21.1. The van der Waals surface area contributed by atoms with Gasteiger partial charge in [-0.15, -0.1) is 11.3 Å². The number of nitrogens with one attached hydrogen (secondary N) is 1. The van der Waals surface area contributed by atoms with Gasteiger partial charge in [0, 0.05) is 24.0 Å². The number of rotatable bonds is 3. The minimum absolute atomic E-state index is 0.270. The molecule has 4 heteroatoms. The Labute approximate surface area is 113 Å². The predicted octanol–water partition coefficient (Wildman–Crippen LogP) is 2.14. The Balaban J connectivity index is 1.95. The van der Waals surface area contributed by atoms with Gasteiger partial charge in [-0.1, -0.05) is 19.9 Å². The molecule has 0 spiro atoms. The number of amides is 1. The lowest BCUT2D eigenvalue weighted by Gasteiger charge is -2.26. The van der Waals surface area contributed by atoms with E-state index in [4.69, 9.17) is 0 Å². The van der Waals surface area contributed by atoms with Crippen LogP contribution in [0.15, 0.2) is 17.5 Å². The standard InChI is InChI=1S/C14H22N2OS/c1-11(2)13-10-16(7-4-6-15-13)14(17)9-12-5-3-8-18-12/h3,5,8,11,13,15H,4,6-7,9-10H2,1-2H3. The Hall–Kier alpha value is -0.870. The van der Waals surface area contributed by atoms with Crippen molar-refractivity contribution in [2.75, 3.05) is 19.6 Å². The number of hydrogen-bond donors (Lipinski definition) is 1. The van der Waals surface area contributed by atoms with Gasteiger partial charge >= 0.3 is 0 Å². The van der Waals surface area contributed by atoms with Crippen LogP contribution in [0.5, 0.6) is 0 Å². The molecule has 1 aliphatic heterocycles. The summed E-state index contributed by atoms with van der Waals surface area (Å²) in [5.41, 5.74) is 0. The molecule has 1 saturated heterocycles. The first-order valence-electron chi connectivity index (χ1n) is 6.70. The summed E-state index contributed by atoms with van der Waals surface area (Å²) in [6, 6.07) is 4.48. The molecule has 1 aromatic heterocycles. The number of nitrogens with zero attached hydrogens (tertiary/aromatic N) is 1. The first-order chi connectivity index (χ1) is 8.66. The molecular formula is C14H22N2OS. The molecule has 0 radical (unpaired) electrons. The second kappa shape index (κ2) is 6.34. The summed E-state index contributed by atoms with van der Waals surface area (Å²) >= 11 is 1.66. The number of carbonyl (C=O) groups is 1. The molecule has 1 amide bonds. The van der Waals surface area contributed by atoms with Crippen LogP contribution in [-0.4, -0.2) is 36.5 Å². The molecule has 1 unspecified atom stereocenters. The predicted molar refractivity (Wildman–Crippen MR) is 75.8 cm³/mol. The third kappa shape index (κ3) is 3.56. The Morgan fingerprint density at radius 2 is 2.44 bits per heavy atom. The van der Waals surface area contributed by atoms with E-state index in [9.17, 15) is 4.79 Å². The van der Waals surface area contributed by atoms with Gasteiger partial charge in [0.05, 0.1) is 6.42 Å². The first-order valence-corrected chi connectivity index (χ1v) is 7.58. The van der Waals surface area contributed by atoms with E-state index in [1.807, 2.05) is 22.4 Å². The zero-order valence-electron chi connectivity index (χ0n) is 11.2. The van der Waals surface area contributed by atoms with Gasteiger partial charge in [-0.25, -0.2) is 0 Å². The molecular weight excluding hydrogens is 244 g/mol. The zero-order valence-corrected chi connectivity index (χ0v) is 12.0. The summed E-state index contributed by atoms with van der Waals surface area (Å²) in [6.07, 6.45) is 1.61. The molecule has 1 fully saturated rings. The molecule has 0 aromatic carbocycles. The van der Waals surface area contributed by atoms with Crippen molar-refractivity contribution in [3.63, 3.8) is 0 Å². The second-order valence-corrected chi connectivity index (χ2v) is 6.29. The minimum Gasteiger partial charge on any atom is -0.341 e. The van der Waals surface area contributed by atoms with Gasteiger partial charge < -0.3 is 10.2 Å². The highest BCUT2D eigenvalue weighted by Crippen LogP contribution is 2.13. The van der Waals surface area contributed by atoms with E-state index in [2.05, 4.69) is 19.2 Å². The maximum absolute atomic E-state index is 12.3. The van der Waals surface area contributed by atoms with Gasteiger partial charge in [0.25, 0.3) is 0 Å².